The van der Waals surface area contributed by atoms with E-state index in [2.05, 4.69) is 5.32 Å². The van der Waals surface area contributed by atoms with Crippen LogP contribution in [-0.2, 0) is 0 Å². The van der Waals surface area contributed by atoms with Crippen LogP contribution >= 0.6 is 0 Å². The fourth-order valence-electron chi connectivity index (χ4n) is 5.32. The summed E-state index contributed by atoms with van der Waals surface area (Å²) in [6.45, 7) is 0.472. The molecule has 1 spiro atoms. The summed E-state index contributed by atoms with van der Waals surface area (Å²) in [4.78, 5) is 33.8. The molecular weight excluding hydrogens is 445 g/mol. The molecule has 3 amide bonds. The first-order valence-corrected chi connectivity index (χ1v) is 11.6. The van der Waals surface area contributed by atoms with Crippen LogP contribution in [0.15, 0.2) is 47.5 Å². The van der Waals surface area contributed by atoms with Gasteiger partial charge in [-0.25, -0.2) is 18.0 Å². The van der Waals surface area contributed by atoms with Gasteiger partial charge in [-0.05, 0) is 49.9 Å². The molecule has 178 valence electrons. The summed E-state index contributed by atoms with van der Waals surface area (Å²) < 4.78 is 42.3. The van der Waals surface area contributed by atoms with Crippen LogP contribution in [0.5, 0.6) is 0 Å². The largest absolute Gasteiger partial charge is 0.338 e. The van der Waals surface area contributed by atoms with Gasteiger partial charge in [-0.1, -0.05) is 25.0 Å². The molecule has 0 unspecified atom stereocenters. The number of carbonyl (C=O) groups is 2. The summed E-state index contributed by atoms with van der Waals surface area (Å²) in [5.41, 5.74) is -0.880. The average Bonchev–Trinajstić information content (AvgIpc) is 3.40. The van der Waals surface area contributed by atoms with E-state index >= 15 is 0 Å². The molecule has 6 nitrogen and oxygen atoms in total. The molecule has 0 radical (unpaired) electrons. The van der Waals surface area contributed by atoms with Crippen molar-refractivity contribution in [2.75, 3.05) is 18.0 Å². The Hall–Kier alpha value is -3.36. The molecule has 2 saturated heterocycles. The number of amides is 3. The third-order valence-corrected chi connectivity index (χ3v) is 7.02. The molecule has 2 aromatic carbocycles. The Labute approximate surface area is 195 Å². The zero-order chi connectivity index (χ0) is 23.9. The molecule has 0 bridgehead atoms. The number of carbonyl (C=O) groups excluding carboxylic acids is 2. The molecule has 9 heteroatoms. The molecule has 3 fully saturated rings. The van der Waals surface area contributed by atoms with Crippen LogP contribution in [0.1, 0.15) is 48.9 Å². The first-order chi connectivity index (χ1) is 16.4. The van der Waals surface area contributed by atoms with E-state index in [0.29, 0.717) is 18.7 Å². The van der Waals surface area contributed by atoms with Crippen molar-refractivity contribution in [2.24, 2.45) is 4.99 Å². The molecule has 1 N–H and O–H groups in total. The van der Waals surface area contributed by atoms with E-state index < -0.39 is 34.9 Å². The van der Waals surface area contributed by atoms with Gasteiger partial charge in [0.1, 0.15) is 28.8 Å². The fourth-order valence-corrected chi connectivity index (χ4v) is 5.32. The monoisotopic (exact) mass is 470 g/mol. The lowest BCUT2D eigenvalue weighted by Gasteiger charge is -2.43. The molecule has 0 aromatic heterocycles. The van der Waals surface area contributed by atoms with Crippen LogP contribution in [0, 0.1) is 17.5 Å². The van der Waals surface area contributed by atoms with E-state index in [1.807, 2.05) is 0 Å². The van der Waals surface area contributed by atoms with Gasteiger partial charge in [0.05, 0.1) is 17.3 Å². The smallest absolute Gasteiger partial charge is 0.328 e. The van der Waals surface area contributed by atoms with Crippen LogP contribution in [0.4, 0.5) is 23.7 Å². The second-order valence-electron chi connectivity index (χ2n) is 9.11. The van der Waals surface area contributed by atoms with E-state index in [1.165, 1.54) is 23.1 Å². The quantitative estimate of drug-likeness (QED) is 0.710. The first kappa shape index (κ1) is 22.4. The van der Waals surface area contributed by atoms with Gasteiger partial charge in [0.15, 0.2) is 0 Å². The number of hydrogen-bond acceptors (Lipinski definition) is 3. The molecule has 5 rings (SSSR count). The van der Waals surface area contributed by atoms with Crippen molar-refractivity contribution in [3.63, 3.8) is 0 Å². The fraction of sp³-hybridized carbons (Fsp3) is 0.400. The average molecular weight is 470 g/mol. The molecule has 0 atom stereocenters. The lowest BCUT2D eigenvalue weighted by Crippen LogP contribution is -2.58. The predicted octanol–water partition coefficient (Wildman–Crippen LogP) is 4.65. The first-order valence-electron chi connectivity index (χ1n) is 11.6. The zero-order valence-corrected chi connectivity index (χ0v) is 18.6. The summed E-state index contributed by atoms with van der Waals surface area (Å²) in [6, 6.07) is 8.39. The number of urea groups is 1. The number of aliphatic imine (C=N–C) groups is 1. The minimum Gasteiger partial charge on any atom is -0.338 e. The highest BCUT2D eigenvalue weighted by atomic mass is 19.1. The number of nitrogens with zero attached hydrogens (tertiary/aromatic N) is 3. The minimum atomic E-state index is -0.966. The molecule has 3 aliphatic rings. The van der Waals surface area contributed by atoms with Crippen LogP contribution in [0.3, 0.4) is 0 Å². The van der Waals surface area contributed by atoms with Crippen molar-refractivity contribution >= 4 is 23.5 Å². The summed E-state index contributed by atoms with van der Waals surface area (Å²) >= 11 is 0. The van der Waals surface area contributed by atoms with Crippen molar-refractivity contribution in [2.45, 2.75) is 50.1 Å². The van der Waals surface area contributed by atoms with Crippen LogP contribution < -0.4 is 10.2 Å². The Morgan fingerprint density at radius 2 is 1.65 bits per heavy atom. The zero-order valence-electron chi connectivity index (χ0n) is 18.6. The van der Waals surface area contributed by atoms with Gasteiger partial charge < -0.3 is 4.90 Å². The topological polar surface area (TPSA) is 65.0 Å². The van der Waals surface area contributed by atoms with E-state index in [0.717, 1.165) is 43.9 Å². The van der Waals surface area contributed by atoms with Gasteiger partial charge in [-0.15, -0.1) is 0 Å². The molecule has 2 heterocycles. The standard InChI is InChI=1S/C25H25F3N4O2/c26-16-13-17(27)15-19(14-16)32-24(34)30-23(29-18-5-1-2-6-18)25(32)9-11-31(12-10-25)22(33)20-7-3-4-8-21(20)28/h3-4,7-8,13-15,18H,1-2,5-6,9-12H2,(H,29,30,34). The second kappa shape index (κ2) is 8.77. The van der Waals surface area contributed by atoms with Gasteiger partial charge in [0.2, 0.25) is 0 Å². The maximum atomic E-state index is 14.2. The Balaban J connectivity index is 1.49. The maximum Gasteiger partial charge on any atom is 0.328 e. The minimum absolute atomic E-state index is 0.0111. The third-order valence-electron chi connectivity index (χ3n) is 7.02. The van der Waals surface area contributed by atoms with Crippen molar-refractivity contribution < 1.29 is 22.8 Å². The number of halogens is 3. The second-order valence-corrected chi connectivity index (χ2v) is 9.11. The highest BCUT2D eigenvalue weighted by Gasteiger charge is 2.54. The Bertz CT molecular complexity index is 1130. The van der Waals surface area contributed by atoms with Crippen LogP contribution in [-0.4, -0.2) is 47.3 Å². The molecule has 2 aromatic rings. The van der Waals surface area contributed by atoms with Gasteiger partial charge in [0, 0.05) is 19.2 Å². The van der Waals surface area contributed by atoms with Gasteiger partial charge >= 0.3 is 6.03 Å². The predicted molar refractivity (Wildman–Crippen MR) is 121 cm³/mol. The maximum absolute atomic E-state index is 14.2. The third kappa shape index (κ3) is 3.93. The van der Waals surface area contributed by atoms with E-state index in [1.54, 1.807) is 11.0 Å². The Morgan fingerprint density at radius 3 is 2.29 bits per heavy atom. The number of piperidine rings is 1. The summed E-state index contributed by atoms with van der Waals surface area (Å²) in [6.07, 6.45) is 4.56. The van der Waals surface area contributed by atoms with Crippen molar-refractivity contribution in [3.05, 3.63) is 65.5 Å². The Kier molecular flexibility index (Phi) is 5.79. The van der Waals surface area contributed by atoms with E-state index in [-0.39, 0.29) is 30.4 Å². The molecule has 2 aliphatic heterocycles. The molecule has 34 heavy (non-hydrogen) atoms. The van der Waals surface area contributed by atoms with Crippen molar-refractivity contribution in [3.8, 4) is 0 Å². The number of anilines is 1. The van der Waals surface area contributed by atoms with Gasteiger partial charge in [-0.2, -0.15) is 0 Å². The van der Waals surface area contributed by atoms with E-state index in [9.17, 15) is 22.8 Å². The Morgan fingerprint density at radius 1 is 1.00 bits per heavy atom. The molecule has 1 saturated carbocycles. The van der Waals surface area contributed by atoms with Crippen molar-refractivity contribution in [1.82, 2.24) is 10.2 Å². The van der Waals surface area contributed by atoms with Gasteiger partial charge in [-0.3, -0.25) is 20.0 Å². The van der Waals surface area contributed by atoms with Gasteiger partial charge in [0.25, 0.3) is 5.91 Å². The number of benzene rings is 2. The highest BCUT2D eigenvalue weighted by Crippen LogP contribution is 2.39. The lowest BCUT2D eigenvalue weighted by atomic mass is 9.84. The number of hydrogen-bond donors (Lipinski definition) is 1. The summed E-state index contributed by atoms with van der Waals surface area (Å²) in [5.74, 6) is -2.11. The SMILES string of the molecule is O=C(c1ccccc1F)N1CCC2(CC1)C(=NC1CCCC1)NC(=O)N2c1cc(F)cc(F)c1. The summed E-state index contributed by atoms with van der Waals surface area (Å²) in [5, 5.41) is 2.84. The normalized spacial score (nSPS) is 21.5. The number of likely N-dealkylation sites (tertiary alicyclic amines) is 1. The molecular formula is C25H25F3N4O2. The lowest BCUT2D eigenvalue weighted by molar-refractivity contribution is 0.0695. The number of nitrogens with one attached hydrogen (secondary N) is 1. The van der Waals surface area contributed by atoms with E-state index in [4.69, 9.17) is 4.99 Å². The number of rotatable bonds is 3. The number of amidine groups is 1. The summed E-state index contributed by atoms with van der Waals surface area (Å²) in [7, 11) is 0. The van der Waals surface area contributed by atoms with Crippen molar-refractivity contribution in [1.29, 1.82) is 0 Å². The van der Waals surface area contributed by atoms with Crippen LogP contribution in [0.2, 0.25) is 0 Å². The molecule has 1 aliphatic carbocycles. The van der Waals surface area contributed by atoms with Crippen LogP contribution in [0.25, 0.3) is 0 Å². The highest BCUT2D eigenvalue weighted by molar-refractivity contribution is 6.19.